The number of anilines is 1. The van der Waals surface area contributed by atoms with Crippen molar-refractivity contribution in [2.24, 2.45) is 0 Å². The summed E-state index contributed by atoms with van der Waals surface area (Å²) in [5, 5.41) is 3.11. The van der Waals surface area contributed by atoms with Gasteiger partial charge in [0.1, 0.15) is 5.82 Å². The minimum atomic E-state index is -0.147. The number of nitrogens with one attached hydrogen (secondary N) is 1. The highest BCUT2D eigenvalue weighted by molar-refractivity contribution is 5.50. The summed E-state index contributed by atoms with van der Waals surface area (Å²) >= 11 is 0. The largest absolute Gasteiger partial charge is 0.380 e. The SMILES string of the molecule is CNC(C)c1ccc(N2CCC(OC)C2)c(F)c1. The van der Waals surface area contributed by atoms with Crippen molar-refractivity contribution >= 4 is 5.69 Å². The topological polar surface area (TPSA) is 24.5 Å². The van der Waals surface area contributed by atoms with Crippen LogP contribution in [-0.4, -0.2) is 33.4 Å². The molecule has 100 valence electrons. The molecule has 1 aliphatic heterocycles. The molecule has 1 aromatic carbocycles. The number of benzene rings is 1. The molecule has 0 amide bonds. The van der Waals surface area contributed by atoms with Crippen LogP contribution in [0.4, 0.5) is 10.1 Å². The van der Waals surface area contributed by atoms with E-state index in [1.54, 1.807) is 13.2 Å². The first-order valence-electron chi connectivity index (χ1n) is 6.40. The molecule has 1 fully saturated rings. The Bertz CT molecular complexity index is 411. The molecule has 2 atom stereocenters. The van der Waals surface area contributed by atoms with Crippen molar-refractivity contribution in [3.8, 4) is 0 Å². The smallest absolute Gasteiger partial charge is 0.146 e. The van der Waals surface area contributed by atoms with Gasteiger partial charge in [0, 0.05) is 26.2 Å². The highest BCUT2D eigenvalue weighted by atomic mass is 19.1. The van der Waals surface area contributed by atoms with Gasteiger partial charge in [0.05, 0.1) is 11.8 Å². The number of hydrogen-bond donors (Lipinski definition) is 1. The standard InChI is InChI=1S/C14H21FN2O/c1-10(16-2)11-4-5-14(13(15)8-11)17-7-6-12(9-17)18-3/h4-5,8,10,12,16H,6-7,9H2,1-3H3. The van der Waals surface area contributed by atoms with E-state index in [1.807, 2.05) is 26.1 Å². The molecule has 2 rings (SSSR count). The maximum absolute atomic E-state index is 14.1. The Morgan fingerprint density at radius 1 is 1.50 bits per heavy atom. The van der Waals surface area contributed by atoms with Crippen LogP contribution in [0.1, 0.15) is 24.9 Å². The van der Waals surface area contributed by atoms with E-state index < -0.39 is 0 Å². The van der Waals surface area contributed by atoms with Gasteiger partial charge in [-0.15, -0.1) is 0 Å². The van der Waals surface area contributed by atoms with Crippen LogP contribution in [0.25, 0.3) is 0 Å². The molecule has 1 aliphatic rings. The van der Waals surface area contributed by atoms with E-state index in [4.69, 9.17) is 4.74 Å². The van der Waals surface area contributed by atoms with E-state index in [9.17, 15) is 4.39 Å². The average molecular weight is 252 g/mol. The van der Waals surface area contributed by atoms with Crippen LogP contribution in [0.2, 0.25) is 0 Å². The first-order chi connectivity index (χ1) is 8.65. The van der Waals surface area contributed by atoms with Gasteiger partial charge < -0.3 is 15.0 Å². The van der Waals surface area contributed by atoms with E-state index in [0.717, 1.165) is 25.1 Å². The summed E-state index contributed by atoms with van der Waals surface area (Å²) in [5.74, 6) is -0.147. The Hall–Kier alpha value is -1.13. The number of hydrogen-bond acceptors (Lipinski definition) is 3. The zero-order chi connectivity index (χ0) is 13.1. The van der Waals surface area contributed by atoms with Gasteiger partial charge >= 0.3 is 0 Å². The lowest BCUT2D eigenvalue weighted by molar-refractivity contribution is 0.121. The molecule has 1 heterocycles. The predicted molar refractivity (Wildman–Crippen MR) is 71.5 cm³/mol. The zero-order valence-corrected chi connectivity index (χ0v) is 11.2. The molecule has 3 nitrogen and oxygen atoms in total. The molecule has 4 heteroatoms. The van der Waals surface area contributed by atoms with E-state index in [2.05, 4.69) is 10.2 Å². The third kappa shape index (κ3) is 2.65. The Labute approximate surface area is 108 Å². The van der Waals surface area contributed by atoms with Crippen molar-refractivity contribution in [1.82, 2.24) is 5.32 Å². The minimum absolute atomic E-state index is 0.147. The maximum atomic E-state index is 14.1. The average Bonchev–Trinajstić information content (AvgIpc) is 2.86. The minimum Gasteiger partial charge on any atom is -0.380 e. The number of halogens is 1. The molecule has 0 aromatic heterocycles. The van der Waals surface area contributed by atoms with Crippen molar-refractivity contribution in [2.45, 2.75) is 25.5 Å². The normalized spacial score (nSPS) is 21.3. The van der Waals surface area contributed by atoms with Crippen LogP contribution in [0, 0.1) is 5.82 Å². The van der Waals surface area contributed by atoms with E-state index >= 15 is 0 Å². The fourth-order valence-electron chi connectivity index (χ4n) is 2.36. The quantitative estimate of drug-likeness (QED) is 0.890. The summed E-state index contributed by atoms with van der Waals surface area (Å²) in [6.45, 7) is 3.65. The van der Waals surface area contributed by atoms with Crippen LogP contribution in [-0.2, 0) is 4.74 Å². The molecule has 2 unspecified atom stereocenters. The van der Waals surface area contributed by atoms with Gasteiger partial charge in [-0.25, -0.2) is 4.39 Å². The third-order valence-electron chi connectivity index (χ3n) is 3.72. The second kappa shape index (κ2) is 5.67. The van der Waals surface area contributed by atoms with Gasteiger partial charge in [0.25, 0.3) is 0 Å². The highest BCUT2D eigenvalue weighted by Gasteiger charge is 2.24. The molecule has 1 N–H and O–H groups in total. The molecule has 0 bridgehead atoms. The monoisotopic (exact) mass is 252 g/mol. The van der Waals surface area contributed by atoms with Gasteiger partial charge in [-0.3, -0.25) is 0 Å². The van der Waals surface area contributed by atoms with E-state index in [-0.39, 0.29) is 18.0 Å². The van der Waals surface area contributed by atoms with Crippen molar-refractivity contribution in [3.05, 3.63) is 29.6 Å². The van der Waals surface area contributed by atoms with Gasteiger partial charge in [0.15, 0.2) is 0 Å². The summed E-state index contributed by atoms with van der Waals surface area (Å²) in [4.78, 5) is 2.05. The lowest BCUT2D eigenvalue weighted by Gasteiger charge is -2.20. The van der Waals surface area contributed by atoms with Crippen LogP contribution in [0.3, 0.4) is 0 Å². The molecule has 1 saturated heterocycles. The van der Waals surface area contributed by atoms with Crippen LogP contribution in [0.15, 0.2) is 18.2 Å². The second-order valence-electron chi connectivity index (χ2n) is 4.81. The van der Waals surface area contributed by atoms with Crippen molar-refractivity contribution in [2.75, 3.05) is 32.1 Å². The lowest BCUT2D eigenvalue weighted by Crippen LogP contribution is -2.23. The van der Waals surface area contributed by atoms with Crippen LogP contribution >= 0.6 is 0 Å². The Morgan fingerprint density at radius 2 is 2.28 bits per heavy atom. The lowest BCUT2D eigenvalue weighted by atomic mass is 10.1. The fourth-order valence-corrected chi connectivity index (χ4v) is 2.36. The number of ether oxygens (including phenoxy) is 1. The second-order valence-corrected chi connectivity index (χ2v) is 4.81. The molecule has 0 spiro atoms. The van der Waals surface area contributed by atoms with Gasteiger partial charge in [-0.1, -0.05) is 6.07 Å². The predicted octanol–water partition coefficient (Wildman–Crippen LogP) is 2.33. The Kier molecular flexibility index (Phi) is 4.19. The number of rotatable bonds is 4. The summed E-state index contributed by atoms with van der Waals surface area (Å²) in [6, 6.07) is 5.64. The summed E-state index contributed by atoms with van der Waals surface area (Å²) in [5.41, 5.74) is 1.66. The third-order valence-corrected chi connectivity index (χ3v) is 3.72. The molecular weight excluding hydrogens is 231 g/mol. The first kappa shape index (κ1) is 13.3. The van der Waals surface area contributed by atoms with Gasteiger partial charge in [0.2, 0.25) is 0 Å². The van der Waals surface area contributed by atoms with Crippen LogP contribution in [0.5, 0.6) is 0 Å². The highest BCUT2D eigenvalue weighted by Crippen LogP contribution is 2.27. The molecule has 0 radical (unpaired) electrons. The van der Waals surface area contributed by atoms with E-state index in [1.165, 1.54) is 0 Å². The fraction of sp³-hybridized carbons (Fsp3) is 0.571. The molecule has 0 aliphatic carbocycles. The number of nitrogens with zero attached hydrogens (tertiary/aromatic N) is 1. The zero-order valence-electron chi connectivity index (χ0n) is 11.2. The Balaban J connectivity index is 2.15. The molecule has 0 saturated carbocycles. The Morgan fingerprint density at radius 3 is 2.83 bits per heavy atom. The summed E-state index contributed by atoms with van der Waals surface area (Å²) < 4.78 is 19.4. The maximum Gasteiger partial charge on any atom is 0.146 e. The molecular formula is C14H21FN2O. The van der Waals surface area contributed by atoms with Crippen molar-refractivity contribution < 1.29 is 9.13 Å². The van der Waals surface area contributed by atoms with Gasteiger partial charge in [-0.2, -0.15) is 0 Å². The van der Waals surface area contributed by atoms with E-state index in [0.29, 0.717) is 5.69 Å². The first-order valence-corrected chi connectivity index (χ1v) is 6.40. The molecule has 1 aromatic rings. The van der Waals surface area contributed by atoms with Gasteiger partial charge in [-0.05, 0) is 38.1 Å². The summed E-state index contributed by atoms with van der Waals surface area (Å²) in [7, 11) is 3.59. The summed E-state index contributed by atoms with van der Waals surface area (Å²) in [6.07, 6.45) is 1.19. The molecule has 18 heavy (non-hydrogen) atoms. The van der Waals surface area contributed by atoms with Crippen molar-refractivity contribution in [3.63, 3.8) is 0 Å². The van der Waals surface area contributed by atoms with Crippen LogP contribution < -0.4 is 10.2 Å². The number of methoxy groups -OCH3 is 1. The van der Waals surface area contributed by atoms with Crippen molar-refractivity contribution in [1.29, 1.82) is 0 Å².